The number of rotatable bonds is 7. The summed E-state index contributed by atoms with van der Waals surface area (Å²) in [6, 6.07) is 17.2. The molecule has 166 valence electrons. The normalized spacial score (nSPS) is 11.1. The maximum atomic E-state index is 14.2. The summed E-state index contributed by atoms with van der Waals surface area (Å²) >= 11 is 1.17. The summed E-state index contributed by atoms with van der Waals surface area (Å²) in [5, 5.41) is 5.21. The van der Waals surface area contributed by atoms with E-state index in [1.54, 1.807) is 36.4 Å². The van der Waals surface area contributed by atoms with E-state index in [4.69, 9.17) is 0 Å². The molecule has 0 aromatic heterocycles. The number of sulfone groups is 1. The van der Waals surface area contributed by atoms with Crippen LogP contribution in [0.15, 0.2) is 76.5 Å². The SMILES string of the molecule is Cc1ccc(NC(=O)CSc2ccccc2C(=O)Nc2cc(S(C)(=O)=O)ccc2F)cc1. The molecule has 0 saturated heterocycles. The molecule has 0 heterocycles. The molecule has 3 aromatic carbocycles. The topological polar surface area (TPSA) is 92.3 Å². The van der Waals surface area contributed by atoms with Crippen LogP contribution in [-0.2, 0) is 14.6 Å². The van der Waals surface area contributed by atoms with Gasteiger partial charge in [0.1, 0.15) is 5.82 Å². The van der Waals surface area contributed by atoms with Crippen LogP contribution in [0, 0.1) is 12.7 Å². The average Bonchev–Trinajstić information content (AvgIpc) is 2.75. The second kappa shape index (κ2) is 9.97. The van der Waals surface area contributed by atoms with Gasteiger partial charge in [-0.15, -0.1) is 11.8 Å². The Balaban J connectivity index is 1.71. The molecule has 0 unspecified atom stereocenters. The van der Waals surface area contributed by atoms with E-state index < -0.39 is 21.6 Å². The molecular weight excluding hydrogens is 451 g/mol. The number of carbonyl (C=O) groups excluding carboxylic acids is 2. The fraction of sp³-hybridized carbons (Fsp3) is 0.130. The standard InChI is InChI=1S/C23H21FN2O4S2/c1-15-7-9-16(10-8-15)25-22(27)14-31-21-6-4-3-5-18(21)23(28)26-20-13-17(32(2,29)30)11-12-19(20)24/h3-13H,14H2,1-2H3,(H,25,27)(H,26,28). The molecule has 0 aliphatic heterocycles. The third-order valence-corrected chi connectivity index (χ3v) is 6.62. The highest BCUT2D eigenvalue weighted by molar-refractivity contribution is 8.00. The van der Waals surface area contributed by atoms with E-state index in [1.807, 2.05) is 19.1 Å². The van der Waals surface area contributed by atoms with Crippen LogP contribution in [0.2, 0.25) is 0 Å². The molecule has 3 aromatic rings. The first-order chi connectivity index (χ1) is 15.1. The Kier molecular flexibility index (Phi) is 7.32. The van der Waals surface area contributed by atoms with E-state index in [-0.39, 0.29) is 27.8 Å². The summed E-state index contributed by atoms with van der Waals surface area (Å²) < 4.78 is 37.6. The lowest BCUT2D eigenvalue weighted by atomic mass is 10.2. The molecule has 0 fully saturated rings. The molecule has 0 spiro atoms. The van der Waals surface area contributed by atoms with E-state index >= 15 is 0 Å². The Morgan fingerprint density at radius 1 is 0.969 bits per heavy atom. The van der Waals surface area contributed by atoms with Gasteiger partial charge < -0.3 is 10.6 Å². The maximum absolute atomic E-state index is 14.2. The largest absolute Gasteiger partial charge is 0.325 e. The van der Waals surface area contributed by atoms with Crippen LogP contribution >= 0.6 is 11.8 Å². The molecule has 0 saturated carbocycles. The molecule has 6 nitrogen and oxygen atoms in total. The predicted molar refractivity (Wildman–Crippen MR) is 124 cm³/mol. The summed E-state index contributed by atoms with van der Waals surface area (Å²) in [6.45, 7) is 1.95. The number of thioether (sulfide) groups is 1. The van der Waals surface area contributed by atoms with Crippen LogP contribution in [-0.4, -0.2) is 32.2 Å². The molecule has 0 atom stereocenters. The number of carbonyl (C=O) groups is 2. The van der Waals surface area contributed by atoms with Crippen molar-refractivity contribution < 1.29 is 22.4 Å². The summed E-state index contributed by atoms with van der Waals surface area (Å²) in [4.78, 5) is 25.5. The third kappa shape index (κ3) is 6.18. The molecule has 0 aliphatic carbocycles. The lowest BCUT2D eigenvalue weighted by Crippen LogP contribution is -2.16. The van der Waals surface area contributed by atoms with Crippen molar-refractivity contribution in [3.63, 3.8) is 0 Å². The van der Waals surface area contributed by atoms with E-state index in [0.29, 0.717) is 10.6 Å². The summed E-state index contributed by atoms with van der Waals surface area (Å²) in [5.41, 5.74) is 1.75. The summed E-state index contributed by atoms with van der Waals surface area (Å²) in [5.74, 6) is -1.54. The zero-order valence-electron chi connectivity index (χ0n) is 17.4. The van der Waals surface area contributed by atoms with Gasteiger partial charge in [0.2, 0.25) is 5.91 Å². The van der Waals surface area contributed by atoms with Crippen molar-refractivity contribution in [2.45, 2.75) is 16.7 Å². The third-order valence-electron chi connectivity index (χ3n) is 4.44. The Morgan fingerprint density at radius 2 is 1.66 bits per heavy atom. The zero-order valence-corrected chi connectivity index (χ0v) is 19.0. The fourth-order valence-electron chi connectivity index (χ4n) is 2.78. The van der Waals surface area contributed by atoms with Crippen molar-refractivity contribution in [1.82, 2.24) is 0 Å². The molecule has 9 heteroatoms. The van der Waals surface area contributed by atoms with Crippen LogP contribution in [0.5, 0.6) is 0 Å². The first-order valence-electron chi connectivity index (χ1n) is 9.53. The fourth-order valence-corrected chi connectivity index (χ4v) is 4.27. The van der Waals surface area contributed by atoms with Gasteiger partial charge in [0, 0.05) is 16.8 Å². The van der Waals surface area contributed by atoms with Crippen LogP contribution in [0.1, 0.15) is 15.9 Å². The average molecular weight is 473 g/mol. The second-order valence-corrected chi connectivity index (χ2v) is 10.1. The van der Waals surface area contributed by atoms with Gasteiger partial charge in [0.05, 0.1) is 21.9 Å². The number of benzene rings is 3. The lowest BCUT2D eigenvalue weighted by molar-refractivity contribution is -0.113. The van der Waals surface area contributed by atoms with E-state index in [0.717, 1.165) is 30.0 Å². The summed E-state index contributed by atoms with van der Waals surface area (Å²) in [7, 11) is -3.56. The molecule has 2 amide bonds. The predicted octanol–water partition coefficient (Wildman–Crippen LogP) is 4.52. The zero-order chi connectivity index (χ0) is 23.3. The minimum absolute atomic E-state index is 0.0656. The number of halogens is 1. The van der Waals surface area contributed by atoms with Gasteiger partial charge >= 0.3 is 0 Å². The van der Waals surface area contributed by atoms with Gasteiger partial charge in [-0.05, 0) is 49.4 Å². The van der Waals surface area contributed by atoms with Crippen molar-refractivity contribution in [1.29, 1.82) is 0 Å². The number of aryl methyl sites for hydroxylation is 1. The quantitative estimate of drug-likeness (QED) is 0.390. The summed E-state index contributed by atoms with van der Waals surface area (Å²) in [6.07, 6.45) is 0.999. The number of hydrogen-bond acceptors (Lipinski definition) is 5. The molecular formula is C23H21FN2O4S2. The smallest absolute Gasteiger partial charge is 0.256 e. The first-order valence-corrected chi connectivity index (χ1v) is 12.4. The molecule has 0 aliphatic rings. The molecule has 0 bridgehead atoms. The number of hydrogen-bond donors (Lipinski definition) is 2. The highest BCUT2D eigenvalue weighted by atomic mass is 32.2. The molecule has 32 heavy (non-hydrogen) atoms. The number of anilines is 2. The monoisotopic (exact) mass is 472 g/mol. The van der Waals surface area contributed by atoms with Crippen molar-refractivity contribution in [2.75, 3.05) is 22.6 Å². The Morgan fingerprint density at radius 3 is 2.34 bits per heavy atom. The van der Waals surface area contributed by atoms with E-state index in [2.05, 4.69) is 10.6 Å². The van der Waals surface area contributed by atoms with Crippen LogP contribution in [0.4, 0.5) is 15.8 Å². The lowest BCUT2D eigenvalue weighted by Gasteiger charge is -2.11. The highest BCUT2D eigenvalue weighted by Gasteiger charge is 2.17. The van der Waals surface area contributed by atoms with Crippen molar-refractivity contribution in [3.8, 4) is 0 Å². The van der Waals surface area contributed by atoms with Gasteiger partial charge in [-0.2, -0.15) is 0 Å². The molecule has 3 rings (SSSR count). The van der Waals surface area contributed by atoms with E-state index in [1.165, 1.54) is 11.8 Å². The van der Waals surface area contributed by atoms with Gasteiger partial charge in [-0.3, -0.25) is 9.59 Å². The minimum Gasteiger partial charge on any atom is -0.325 e. The maximum Gasteiger partial charge on any atom is 0.256 e. The Bertz CT molecular complexity index is 1260. The van der Waals surface area contributed by atoms with Crippen molar-refractivity contribution in [3.05, 3.63) is 83.7 Å². The van der Waals surface area contributed by atoms with Crippen molar-refractivity contribution in [2.24, 2.45) is 0 Å². The Hall–Kier alpha value is -3.17. The van der Waals surface area contributed by atoms with Gasteiger partial charge in [0.15, 0.2) is 9.84 Å². The van der Waals surface area contributed by atoms with Crippen LogP contribution in [0.25, 0.3) is 0 Å². The first kappa shape index (κ1) is 23.5. The second-order valence-electron chi connectivity index (χ2n) is 7.07. The van der Waals surface area contributed by atoms with E-state index in [9.17, 15) is 22.4 Å². The van der Waals surface area contributed by atoms with Crippen molar-refractivity contribution >= 4 is 44.8 Å². The number of nitrogens with one attached hydrogen (secondary N) is 2. The van der Waals surface area contributed by atoms with Crippen LogP contribution < -0.4 is 10.6 Å². The Labute approximate surface area is 190 Å². The van der Waals surface area contributed by atoms with Gasteiger partial charge in [-0.1, -0.05) is 29.8 Å². The van der Waals surface area contributed by atoms with Gasteiger partial charge in [-0.25, -0.2) is 12.8 Å². The van der Waals surface area contributed by atoms with Gasteiger partial charge in [0.25, 0.3) is 5.91 Å². The van der Waals surface area contributed by atoms with Crippen LogP contribution in [0.3, 0.4) is 0 Å². The highest BCUT2D eigenvalue weighted by Crippen LogP contribution is 2.25. The minimum atomic E-state index is -3.56. The molecule has 0 radical (unpaired) electrons. The molecule has 2 N–H and O–H groups in total. The number of amides is 2.